The minimum atomic E-state index is -3.67. The number of carbonyl (C=O) groups is 1. The molecule has 3 rings (SSSR count). The number of hydrogen-bond acceptors (Lipinski definition) is 4. The van der Waals surface area contributed by atoms with Crippen molar-refractivity contribution in [2.45, 2.75) is 37.1 Å². The first kappa shape index (κ1) is 16.9. The van der Waals surface area contributed by atoms with Crippen molar-refractivity contribution in [3.05, 3.63) is 47.8 Å². The van der Waals surface area contributed by atoms with E-state index in [0.717, 1.165) is 25.0 Å². The summed E-state index contributed by atoms with van der Waals surface area (Å²) in [6.45, 7) is 1.91. The predicted molar refractivity (Wildman–Crippen MR) is 90.1 cm³/mol. The van der Waals surface area contributed by atoms with Crippen molar-refractivity contribution in [1.82, 2.24) is 14.1 Å². The van der Waals surface area contributed by atoms with Gasteiger partial charge in [0.2, 0.25) is 10.0 Å². The lowest BCUT2D eigenvalue weighted by atomic mass is 10.0. The molecule has 2 aromatic rings. The lowest BCUT2D eigenvalue weighted by molar-refractivity contribution is 0.101. The van der Waals surface area contributed by atoms with E-state index in [0.29, 0.717) is 12.1 Å². The van der Waals surface area contributed by atoms with Crippen LogP contribution in [0.1, 0.15) is 48.3 Å². The van der Waals surface area contributed by atoms with Gasteiger partial charge in [0.15, 0.2) is 5.78 Å². The summed E-state index contributed by atoms with van der Waals surface area (Å²) < 4.78 is 29.6. The number of piperidine rings is 1. The molecule has 1 aliphatic rings. The van der Waals surface area contributed by atoms with Gasteiger partial charge in [0.05, 0.1) is 16.6 Å². The second kappa shape index (κ2) is 6.49. The highest BCUT2D eigenvalue weighted by molar-refractivity contribution is 7.89. The van der Waals surface area contributed by atoms with Gasteiger partial charge in [-0.05, 0) is 38.0 Å². The summed E-state index contributed by atoms with van der Waals surface area (Å²) in [5.74, 6) is -0.145. The van der Waals surface area contributed by atoms with Gasteiger partial charge in [-0.1, -0.05) is 18.6 Å². The van der Waals surface area contributed by atoms with Gasteiger partial charge < -0.3 is 0 Å². The highest BCUT2D eigenvalue weighted by atomic mass is 32.2. The first-order chi connectivity index (χ1) is 11.4. The van der Waals surface area contributed by atoms with E-state index in [1.54, 1.807) is 33.4 Å². The van der Waals surface area contributed by atoms with Crippen molar-refractivity contribution in [1.29, 1.82) is 0 Å². The molecular formula is C17H21N3O3S. The molecule has 0 saturated carbocycles. The summed E-state index contributed by atoms with van der Waals surface area (Å²) in [7, 11) is -1.85. The van der Waals surface area contributed by atoms with Gasteiger partial charge in [-0.15, -0.1) is 0 Å². The fourth-order valence-electron chi connectivity index (χ4n) is 3.21. The molecule has 1 fully saturated rings. The van der Waals surface area contributed by atoms with Gasteiger partial charge in [-0.3, -0.25) is 9.48 Å². The van der Waals surface area contributed by atoms with Crippen LogP contribution in [0.3, 0.4) is 0 Å². The van der Waals surface area contributed by atoms with Crippen LogP contribution in [0.5, 0.6) is 0 Å². The van der Waals surface area contributed by atoms with Gasteiger partial charge in [-0.2, -0.15) is 9.40 Å². The molecule has 1 saturated heterocycles. The minimum Gasteiger partial charge on any atom is -0.295 e. The van der Waals surface area contributed by atoms with Crippen LogP contribution >= 0.6 is 0 Å². The second-order valence-electron chi connectivity index (χ2n) is 6.09. The molecule has 24 heavy (non-hydrogen) atoms. The first-order valence-corrected chi connectivity index (χ1v) is 9.46. The van der Waals surface area contributed by atoms with Crippen LogP contribution in [0.2, 0.25) is 0 Å². The zero-order valence-electron chi connectivity index (χ0n) is 13.8. The smallest absolute Gasteiger partial charge is 0.243 e. The van der Waals surface area contributed by atoms with Gasteiger partial charge in [0, 0.05) is 25.4 Å². The number of sulfonamides is 1. The molecule has 1 aromatic carbocycles. The molecule has 0 radical (unpaired) electrons. The summed E-state index contributed by atoms with van der Waals surface area (Å²) in [4.78, 5) is 11.7. The standard InChI is InChI=1S/C17H21N3O3S/c1-13(21)14-6-5-7-15(12-14)24(22,23)20-11-4-3-8-17(20)16-9-10-18-19(16)2/h5-7,9-10,12,17H,3-4,8,11H2,1-2H3. The molecule has 1 unspecified atom stereocenters. The molecule has 7 heteroatoms. The molecule has 2 heterocycles. The van der Waals surface area contributed by atoms with Crippen molar-refractivity contribution in [3.8, 4) is 0 Å². The Bertz CT molecular complexity index is 857. The number of Topliss-reactive ketones (excluding diaryl/α,β-unsaturated/α-hetero) is 1. The Morgan fingerprint density at radius 1 is 1.25 bits per heavy atom. The van der Waals surface area contributed by atoms with Crippen molar-refractivity contribution in [3.63, 3.8) is 0 Å². The Morgan fingerprint density at radius 3 is 2.71 bits per heavy atom. The predicted octanol–water partition coefficient (Wildman–Crippen LogP) is 2.54. The van der Waals surface area contributed by atoms with Crippen LogP contribution in [0.25, 0.3) is 0 Å². The summed E-state index contributed by atoms with van der Waals surface area (Å²) >= 11 is 0. The Hall–Kier alpha value is -1.99. The average Bonchev–Trinajstić information content (AvgIpc) is 3.01. The van der Waals surface area contributed by atoms with Crippen LogP contribution in [0, 0.1) is 0 Å². The lowest BCUT2D eigenvalue weighted by Crippen LogP contribution is -2.39. The lowest BCUT2D eigenvalue weighted by Gasteiger charge is -2.34. The Morgan fingerprint density at radius 2 is 2.04 bits per heavy atom. The summed E-state index contributed by atoms with van der Waals surface area (Å²) in [6, 6.07) is 7.91. The maximum Gasteiger partial charge on any atom is 0.243 e. The third-order valence-corrected chi connectivity index (χ3v) is 6.41. The molecular weight excluding hydrogens is 326 g/mol. The second-order valence-corrected chi connectivity index (χ2v) is 7.98. The summed E-state index contributed by atoms with van der Waals surface area (Å²) in [6.07, 6.45) is 4.27. The molecule has 0 spiro atoms. The van der Waals surface area contributed by atoms with Gasteiger partial charge in [-0.25, -0.2) is 8.42 Å². The van der Waals surface area contributed by atoms with E-state index in [1.807, 2.05) is 13.1 Å². The Balaban J connectivity index is 2.02. The summed E-state index contributed by atoms with van der Waals surface area (Å²) in [5.41, 5.74) is 1.30. The van der Waals surface area contributed by atoms with Crippen molar-refractivity contribution < 1.29 is 13.2 Å². The monoisotopic (exact) mass is 347 g/mol. The van der Waals surface area contributed by atoms with Crippen LogP contribution in [0.15, 0.2) is 41.4 Å². The zero-order chi connectivity index (χ0) is 17.3. The van der Waals surface area contributed by atoms with E-state index in [-0.39, 0.29) is 16.7 Å². The highest BCUT2D eigenvalue weighted by Gasteiger charge is 2.35. The van der Waals surface area contributed by atoms with Gasteiger partial charge in [0.25, 0.3) is 0 Å². The average molecular weight is 347 g/mol. The molecule has 0 aliphatic carbocycles. The Labute approximate surface area is 142 Å². The van der Waals surface area contributed by atoms with Gasteiger partial charge >= 0.3 is 0 Å². The third kappa shape index (κ3) is 3.01. The topological polar surface area (TPSA) is 72.3 Å². The SMILES string of the molecule is CC(=O)c1cccc(S(=O)(=O)N2CCCCC2c2ccnn2C)c1. The molecule has 1 atom stereocenters. The third-order valence-electron chi connectivity index (χ3n) is 4.50. The molecule has 1 aliphatic heterocycles. The molecule has 0 amide bonds. The number of nitrogens with zero attached hydrogens (tertiary/aromatic N) is 3. The number of benzene rings is 1. The maximum atomic E-state index is 13.2. The Kier molecular flexibility index (Phi) is 4.56. The van der Waals surface area contributed by atoms with E-state index in [2.05, 4.69) is 5.10 Å². The molecule has 1 aromatic heterocycles. The normalized spacial score (nSPS) is 19.3. The van der Waals surface area contributed by atoms with Crippen LogP contribution in [0.4, 0.5) is 0 Å². The molecule has 0 bridgehead atoms. The van der Waals surface area contributed by atoms with E-state index < -0.39 is 10.0 Å². The van der Waals surface area contributed by atoms with E-state index >= 15 is 0 Å². The highest BCUT2D eigenvalue weighted by Crippen LogP contribution is 2.35. The fraction of sp³-hybridized carbons (Fsp3) is 0.412. The quantitative estimate of drug-likeness (QED) is 0.797. The van der Waals surface area contributed by atoms with Gasteiger partial charge in [0.1, 0.15) is 0 Å². The van der Waals surface area contributed by atoms with Crippen molar-refractivity contribution in [2.24, 2.45) is 7.05 Å². The zero-order valence-corrected chi connectivity index (χ0v) is 14.7. The van der Waals surface area contributed by atoms with Crippen LogP contribution < -0.4 is 0 Å². The van der Waals surface area contributed by atoms with Crippen molar-refractivity contribution >= 4 is 15.8 Å². The van der Waals surface area contributed by atoms with E-state index in [9.17, 15) is 13.2 Å². The van der Waals surface area contributed by atoms with Crippen molar-refractivity contribution in [2.75, 3.05) is 6.54 Å². The number of ketones is 1. The first-order valence-electron chi connectivity index (χ1n) is 8.02. The number of aromatic nitrogens is 2. The van der Waals surface area contributed by atoms with E-state index in [4.69, 9.17) is 0 Å². The fourth-order valence-corrected chi connectivity index (χ4v) is 4.93. The minimum absolute atomic E-state index is 0.145. The number of rotatable bonds is 4. The maximum absolute atomic E-state index is 13.2. The molecule has 6 nitrogen and oxygen atoms in total. The largest absolute Gasteiger partial charge is 0.295 e. The number of hydrogen-bond donors (Lipinski definition) is 0. The molecule has 0 N–H and O–H groups in total. The van der Waals surface area contributed by atoms with Crippen LogP contribution in [-0.4, -0.2) is 34.8 Å². The molecule has 128 valence electrons. The number of carbonyl (C=O) groups excluding carboxylic acids is 1. The van der Waals surface area contributed by atoms with Crippen LogP contribution in [-0.2, 0) is 17.1 Å². The number of aryl methyl sites for hydroxylation is 1. The van der Waals surface area contributed by atoms with E-state index in [1.165, 1.54) is 13.0 Å². The summed E-state index contributed by atoms with van der Waals surface area (Å²) in [5, 5.41) is 4.17.